The second kappa shape index (κ2) is 14.7. The minimum absolute atomic E-state index is 0.428. The van der Waals surface area contributed by atoms with Gasteiger partial charge in [-0.2, -0.15) is 5.26 Å². The number of thiophene rings is 3. The van der Waals surface area contributed by atoms with Gasteiger partial charge in [0, 0.05) is 79.1 Å². The number of rotatable bonds is 4. The molecule has 0 aliphatic carbocycles. The van der Waals surface area contributed by atoms with Crippen LogP contribution in [0.5, 0.6) is 0 Å². The predicted octanol–water partition coefficient (Wildman–Crippen LogP) is 19.0. The number of fused-ring (bicyclic) bond motifs is 18. The highest BCUT2D eigenvalue weighted by Gasteiger charge is 2.33. The molecule has 0 spiro atoms. The average Bonchev–Trinajstić information content (AvgIpc) is 4.23. The number of hydrogen-bond acceptors (Lipinski definition) is 4. The molecule has 0 amide bonds. The molecule has 5 heterocycles. The number of para-hydroxylation sites is 1. The normalized spacial score (nSPS) is 12.0. The standard InChI is InChI=1S/C63H34N4S3/c1-35-16-15-24-44-47-33-28-41-38-21-9-12-25-49(38)66(56(41)63(47)70-60(35)44)59-52(36-17-5-3-6-18-36)48(34-64)55(54(65-2)53(59)37-19-7-4-8-20-37)67-57-42(29-31-45-39-22-10-13-26-50(39)68-61(45)57)43-30-32-46-40-23-11-14-27-51(40)69-62(46)58(43)67/h3-33H,1H3. The van der Waals surface area contributed by atoms with Crippen molar-refractivity contribution in [2.75, 3.05) is 0 Å². The van der Waals surface area contributed by atoms with Crippen LogP contribution in [-0.2, 0) is 0 Å². The van der Waals surface area contributed by atoms with E-state index in [4.69, 9.17) is 4.85 Å². The quantitative estimate of drug-likeness (QED) is 0.162. The Morgan fingerprint density at radius 1 is 0.414 bits per heavy atom. The summed E-state index contributed by atoms with van der Waals surface area (Å²) in [5.41, 5.74) is 11.0. The van der Waals surface area contributed by atoms with E-state index in [9.17, 15) is 11.8 Å². The van der Waals surface area contributed by atoms with E-state index in [1.807, 2.05) is 23.5 Å². The van der Waals surface area contributed by atoms with Crippen LogP contribution >= 0.6 is 34.0 Å². The van der Waals surface area contributed by atoms with Gasteiger partial charge in [0.15, 0.2) is 0 Å². The van der Waals surface area contributed by atoms with Crippen molar-refractivity contribution in [3.8, 4) is 39.7 Å². The van der Waals surface area contributed by atoms with Crippen molar-refractivity contribution in [1.82, 2.24) is 9.13 Å². The van der Waals surface area contributed by atoms with E-state index < -0.39 is 0 Å². The molecule has 0 fully saturated rings. The lowest BCUT2D eigenvalue weighted by molar-refractivity contribution is 1.15. The number of aromatic nitrogens is 2. The van der Waals surface area contributed by atoms with E-state index in [2.05, 4.69) is 198 Å². The van der Waals surface area contributed by atoms with Crippen molar-refractivity contribution >= 4 is 144 Å². The van der Waals surface area contributed by atoms with Gasteiger partial charge in [0.2, 0.25) is 5.69 Å². The summed E-state index contributed by atoms with van der Waals surface area (Å²) < 4.78 is 11.8. The van der Waals surface area contributed by atoms with E-state index >= 15 is 0 Å². The average molecular weight is 943 g/mol. The Hall–Kier alpha value is -8.56. The van der Waals surface area contributed by atoms with Crippen molar-refractivity contribution in [1.29, 1.82) is 5.26 Å². The van der Waals surface area contributed by atoms with E-state index in [-0.39, 0.29) is 0 Å². The van der Waals surface area contributed by atoms with E-state index in [0.29, 0.717) is 16.9 Å². The van der Waals surface area contributed by atoms with E-state index in [0.717, 1.165) is 91.7 Å². The maximum atomic E-state index is 12.3. The Bertz CT molecular complexity index is 4650. The van der Waals surface area contributed by atoms with Gasteiger partial charge in [0.05, 0.1) is 59.7 Å². The Morgan fingerprint density at radius 2 is 0.871 bits per heavy atom. The zero-order valence-electron chi connectivity index (χ0n) is 37.4. The van der Waals surface area contributed by atoms with Gasteiger partial charge < -0.3 is 9.13 Å². The van der Waals surface area contributed by atoms with Crippen LogP contribution in [0.4, 0.5) is 5.69 Å². The van der Waals surface area contributed by atoms with Gasteiger partial charge in [0.25, 0.3) is 0 Å². The molecule has 0 saturated heterocycles. The summed E-state index contributed by atoms with van der Waals surface area (Å²) >= 11 is 5.39. The third-order valence-electron chi connectivity index (χ3n) is 14.5. The fraction of sp³-hybridized carbons (Fsp3) is 0.0159. The minimum Gasteiger partial charge on any atom is -0.315 e. The summed E-state index contributed by atoms with van der Waals surface area (Å²) in [6, 6.07) is 69.8. The molecule has 0 atom stereocenters. The number of nitriles is 1. The molecule has 0 radical (unpaired) electrons. The summed E-state index contributed by atoms with van der Waals surface area (Å²) in [6.07, 6.45) is 0. The molecule has 70 heavy (non-hydrogen) atoms. The fourth-order valence-electron chi connectivity index (χ4n) is 11.6. The van der Waals surface area contributed by atoms with Crippen LogP contribution in [0.15, 0.2) is 188 Å². The van der Waals surface area contributed by atoms with Crippen LogP contribution in [0.3, 0.4) is 0 Å². The van der Waals surface area contributed by atoms with Crippen molar-refractivity contribution in [2.24, 2.45) is 0 Å². The molecule has 4 nitrogen and oxygen atoms in total. The molecule has 10 aromatic carbocycles. The van der Waals surface area contributed by atoms with Gasteiger partial charge in [0.1, 0.15) is 6.07 Å². The highest BCUT2D eigenvalue weighted by Crippen LogP contribution is 2.55. The number of benzene rings is 10. The fourth-order valence-corrected chi connectivity index (χ4v) is 15.4. The van der Waals surface area contributed by atoms with E-state index in [1.165, 1.54) is 45.9 Å². The van der Waals surface area contributed by atoms with Gasteiger partial charge >= 0.3 is 0 Å². The Labute approximate surface area is 412 Å². The van der Waals surface area contributed by atoms with Crippen LogP contribution in [0.1, 0.15) is 11.1 Å². The molecular formula is C63H34N4S3. The van der Waals surface area contributed by atoms with Crippen LogP contribution in [0.25, 0.3) is 143 Å². The highest BCUT2D eigenvalue weighted by molar-refractivity contribution is 7.27. The summed E-state index contributed by atoms with van der Waals surface area (Å²) in [4.78, 5) is 4.72. The molecule has 5 aromatic heterocycles. The summed E-state index contributed by atoms with van der Waals surface area (Å²) in [5.74, 6) is 0. The molecule has 324 valence electrons. The summed E-state index contributed by atoms with van der Waals surface area (Å²) in [7, 11) is 0. The Balaban J connectivity index is 1.23. The topological polar surface area (TPSA) is 38.0 Å². The monoisotopic (exact) mass is 942 g/mol. The third-order valence-corrected chi connectivity index (χ3v) is 18.2. The van der Waals surface area contributed by atoms with Gasteiger partial charge in [-0.3, -0.25) is 0 Å². The molecule has 15 aromatic rings. The maximum absolute atomic E-state index is 12.3. The first-order valence-electron chi connectivity index (χ1n) is 23.3. The van der Waals surface area contributed by atoms with Crippen molar-refractivity contribution in [3.05, 3.63) is 211 Å². The molecule has 0 bridgehead atoms. The zero-order valence-corrected chi connectivity index (χ0v) is 39.9. The molecular weight excluding hydrogens is 909 g/mol. The predicted molar refractivity (Wildman–Crippen MR) is 300 cm³/mol. The third kappa shape index (κ3) is 5.21. The lowest BCUT2D eigenvalue weighted by atomic mass is 9.88. The maximum Gasteiger partial charge on any atom is 0.221 e. The SMILES string of the molecule is [C-]#[N+]c1c(-c2ccccc2)c(-n2c3ccccc3c3ccc4c5cccc(C)c5sc4c32)c(-c2ccccc2)c(C#N)c1-n1c2c(ccc3c4ccccc4sc32)c2ccc3c4ccccc4sc3c21. The molecule has 0 aliphatic rings. The lowest BCUT2D eigenvalue weighted by Gasteiger charge is -2.26. The highest BCUT2D eigenvalue weighted by atomic mass is 32.1. The van der Waals surface area contributed by atoms with Gasteiger partial charge in [-0.05, 0) is 41.8 Å². The second-order valence-electron chi connectivity index (χ2n) is 18.1. The van der Waals surface area contributed by atoms with Crippen LogP contribution in [-0.4, -0.2) is 9.13 Å². The first-order chi connectivity index (χ1) is 34.6. The number of aryl methyl sites for hydroxylation is 1. The number of hydrogen-bond donors (Lipinski definition) is 0. The molecule has 0 N–H and O–H groups in total. The van der Waals surface area contributed by atoms with Crippen LogP contribution in [0, 0.1) is 24.8 Å². The molecule has 7 heteroatoms. The molecule has 0 saturated carbocycles. The minimum atomic E-state index is 0.428. The van der Waals surface area contributed by atoms with Crippen LogP contribution in [0.2, 0.25) is 0 Å². The first-order valence-corrected chi connectivity index (χ1v) is 25.7. The van der Waals surface area contributed by atoms with Crippen molar-refractivity contribution < 1.29 is 0 Å². The lowest BCUT2D eigenvalue weighted by Crippen LogP contribution is -2.08. The van der Waals surface area contributed by atoms with Crippen molar-refractivity contribution in [2.45, 2.75) is 6.92 Å². The smallest absolute Gasteiger partial charge is 0.221 e. The van der Waals surface area contributed by atoms with Gasteiger partial charge in [-0.15, -0.1) is 34.0 Å². The largest absolute Gasteiger partial charge is 0.315 e. The molecule has 15 rings (SSSR count). The summed E-state index contributed by atoms with van der Waals surface area (Å²) in [5, 5.41) is 23.8. The van der Waals surface area contributed by atoms with E-state index in [1.54, 1.807) is 22.7 Å². The summed E-state index contributed by atoms with van der Waals surface area (Å²) in [6.45, 7) is 11.8. The Morgan fingerprint density at radius 3 is 1.47 bits per heavy atom. The number of nitrogens with zero attached hydrogens (tertiary/aromatic N) is 4. The second-order valence-corrected chi connectivity index (χ2v) is 21.2. The molecule has 0 unspecified atom stereocenters. The van der Waals surface area contributed by atoms with Gasteiger partial charge in [-0.1, -0.05) is 170 Å². The van der Waals surface area contributed by atoms with Crippen molar-refractivity contribution in [3.63, 3.8) is 0 Å². The zero-order chi connectivity index (χ0) is 46.4. The first kappa shape index (κ1) is 39.4. The van der Waals surface area contributed by atoms with Gasteiger partial charge in [-0.25, -0.2) is 4.85 Å². The molecule has 0 aliphatic heterocycles. The Kier molecular flexibility index (Phi) is 8.29. The van der Waals surface area contributed by atoms with Crippen LogP contribution < -0.4 is 0 Å².